The predicted molar refractivity (Wildman–Crippen MR) is 127 cm³/mol. The van der Waals surface area contributed by atoms with E-state index in [1.165, 1.54) is 12.1 Å². The van der Waals surface area contributed by atoms with E-state index >= 15 is 0 Å². The third-order valence-electron chi connectivity index (χ3n) is 5.56. The molecular formula is C26H27FN4O2. The molecule has 0 N–H and O–H groups in total. The molecule has 7 heteroatoms. The molecule has 1 amide bonds. The van der Waals surface area contributed by atoms with Gasteiger partial charge in [0, 0.05) is 18.7 Å². The van der Waals surface area contributed by atoms with E-state index in [0.717, 1.165) is 22.2 Å². The summed E-state index contributed by atoms with van der Waals surface area (Å²) in [5, 5.41) is 5.21. The number of benzene rings is 2. The van der Waals surface area contributed by atoms with E-state index in [2.05, 4.69) is 5.10 Å². The number of likely N-dealkylation sites (N-methyl/N-ethyl adjacent to an activating group) is 1. The lowest BCUT2D eigenvalue weighted by Gasteiger charge is -2.19. The second kappa shape index (κ2) is 9.40. The minimum Gasteiger partial charge on any atom is -0.492 e. The Bertz CT molecular complexity index is 1280. The Hall–Kier alpha value is -3.74. The molecule has 0 saturated heterocycles. The number of hydrogen-bond donors (Lipinski definition) is 0. The lowest BCUT2D eigenvalue weighted by atomic mass is 10.0. The number of carbonyl (C=O) groups is 1. The maximum atomic E-state index is 13.4. The lowest BCUT2D eigenvalue weighted by molar-refractivity contribution is 0.0775. The molecular weight excluding hydrogens is 419 g/mol. The number of aryl methyl sites for hydroxylation is 1. The normalized spacial score (nSPS) is 11.2. The highest BCUT2D eigenvalue weighted by Crippen LogP contribution is 2.28. The Kier molecular flexibility index (Phi) is 6.40. The highest BCUT2D eigenvalue weighted by atomic mass is 19.1. The standard InChI is InChI=1S/C26H27FN4O2/c1-17(2)31-25-23(16-28-31)22(15-24(29-25)21-8-6-5-7-18(21)3)26(32)30(4)13-14-33-20-11-9-19(27)10-12-20/h5-12,15-17H,13-14H2,1-4H3. The van der Waals surface area contributed by atoms with Crippen LogP contribution in [0.15, 0.2) is 60.8 Å². The van der Waals surface area contributed by atoms with Crippen molar-refractivity contribution in [1.82, 2.24) is 19.7 Å². The summed E-state index contributed by atoms with van der Waals surface area (Å²) in [6.07, 6.45) is 1.71. The van der Waals surface area contributed by atoms with Gasteiger partial charge in [0.1, 0.15) is 18.2 Å². The van der Waals surface area contributed by atoms with Crippen molar-refractivity contribution in [3.63, 3.8) is 0 Å². The lowest BCUT2D eigenvalue weighted by Crippen LogP contribution is -2.31. The van der Waals surface area contributed by atoms with Gasteiger partial charge in [0.15, 0.2) is 5.65 Å². The monoisotopic (exact) mass is 446 g/mol. The fraction of sp³-hybridized carbons (Fsp3) is 0.269. The van der Waals surface area contributed by atoms with Gasteiger partial charge in [-0.2, -0.15) is 5.10 Å². The highest BCUT2D eigenvalue weighted by molar-refractivity contribution is 6.06. The number of rotatable bonds is 7. The smallest absolute Gasteiger partial charge is 0.254 e. The second-order valence-corrected chi connectivity index (χ2v) is 8.32. The Morgan fingerprint density at radius 2 is 1.88 bits per heavy atom. The van der Waals surface area contributed by atoms with Crippen LogP contribution in [0.2, 0.25) is 0 Å². The van der Waals surface area contributed by atoms with Crippen molar-refractivity contribution in [3.8, 4) is 17.0 Å². The summed E-state index contributed by atoms with van der Waals surface area (Å²) in [5.74, 6) is 0.106. The summed E-state index contributed by atoms with van der Waals surface area (Å²) in [7, 11) is 1.74. The fourth-order valence-electron chi connectivity index (χ4n) is 3.71. The first kappa shape index (κ1) is 22.5. The van der Waals surface area contributed by atoms with E-state index in [1.54, 1.807) is 30.3 Å². The first-order valence-electron chi connectivity index (χ1n) is 10.9. The van der Waals surface area contributed by atoms with Gasteiger partial charge in [0.05, 0.1) is 29.4 Å². The minimum atomic E-state index is -0.317. The van der Waals surface area contributed by atoms with Crippen LogP contribution >= 0.6 is 0 Å². The Balaban J connectivity index is 1.64. The van der Waals surface area contributed by atoms with Crippen LogP contribution in [0.25, 0.3) is 22.3 Å². The largest absolute Gasteiger partial charge is 0.492 e. The van der Waals surface area contributed by atoms with Gasteiger partial charge in [0.2, 0.25) is 0 Å². The fourth-order valence-corrected chi connectivity index (χ4v) is 3.71. The number of ether oxygens (including phenoxy) is 1. The molecule has 0 spiro atoms. The van der Waals surface area contributed by atoms with Crippen LogP contribution in [0, 0.1) is 12.7 Å². The summed E-state index contributed by atoms with van der Waals surface area (Å²) in [5.41, 5.74) is 4.04. The van der Waals surface area contributed by atoms with Gasteiger partial charge in [-0.3, -0.25) is 4.79 Å². The molecule has 0 unspecified atom stereocenters. The van der Waals surface area contributed by atoms with Crippen molar-refractivity contribution in [2.24, 2.45) is 0 Å². The molecule has 0 bridgehead atoms. The van der Waals surface area contributed by atoms with E-state index in [1.807, 2.05) is 55.8 Å². The zero-order valence-electron chi connectivity index (χ0n) is 19.2. The van der Waals surface area contributed by atoms with Gasteiger partial charge in [-0.15, -0.1) is 0 Å². The number of carbonyl (C=O) groups excluding carboxylic acids is 1. The third kappa shape index (κ3) is 4.72. The molecule has 2 heterocycles. The van der Waals surface area contributed by atoms with Crippen LogP contribution in [0.4, 0.5) is 4.39 Å². The molecule has 170 valence electrons. The first-order chi connectivity index (χ1) is 15.8. The summed E-state index contributed by atoms with van der Waals surface area (Å²) in [6, 6.07) is 15.8. The summed E-state index contributed by atoms with van der Waals surface area (Å²) >= 11 is 0. The molecule has 0 aliphatic carbocycles. The van der Waals surface area contributed by atoms with Crippen LogP contribution in [0.1, 0.15) is 35.8 Å². The molecule has 6 nitrogen and oxygen atoms in total. The molecule has 0 fully saturated rings. The van der Waals surface area contributed by atoms with Gasteiger partial charge >= 0.3 is 0 Å². The average Bonchev–Trinajstić information content (AvgIpc) is 3.24. The van der Waals surface area contributed by atoms with Gasteiger partial charge < -0.3 is 9.64 Å². The molecule has 4 rings (SSSR count). The second-order valence-electron chi connectivity index (χ2n) is 8.32. The maximum Gasteiger partial charge on any atom is 0.254 e. The first-order valence-corrected chi connectivity index (χ1v) is 10.9. The van der Waals surface area contributed by atoms with Crippen LogP contribution in [-0.2, 0) is 0 Å². The predicted octanol–water partition coefficient (Wildman–Crippen LogP) is 5.28. The van der Waals surface area contributed by atoms with Gasteiger partial charge in [-0.1, -0.05) is 24.3 Å². The Morgan fingerprint density at radius 3 is 2.58 bits per heavy atom. The zero-order valence-corrected chi connectivity index (χ0v) is 19.2. The Morgan fingerprint density at radius 1 is 1.15 bits per heavy atom. The van der Waals surface area contributed by atoms with E-state index in [9.17, 15) is 9.18 Å². The summed E-state index contributed by atoms with van der Waals surface area (Å²) in [6.45, 7) is 6.77. The molecule has 0 aliphatic heterocycles. The van der Waals surface area contributed by atoms with Crippen LogP contribution in [0.5, 0.6) is 5.75 Å². The van der Waals surface area contributed by atoms with Crippen LogP contribution in [0.3, 0.4) is 0 Å². The topological polar surface area (TPSA) is 60.3 Å². The molecule has 33 heavy (non-hydrogen) atoms. The number of halogens is 1. The molecule has 4 aromatic rings. The van der Waals surface area contributed by atoms with Gasteiger partial charge in [-0.25, -0.2) is 14.1 Å². The quantitative estimate of drug-likeness (QED) is 0.388. The molecule has 0 atom stereocenters. The number of fused-ring (bicyclic) bond motifs is 1. The van der Waals surface area contributed by atoms with Crippen molar-refractivity contribution >= 4 is 16.9 Å². The molecule has 0 aliphatic rings. The average molecular weight is 447 g/mol. The van der Waals surface area contributed by atoms with Gasteiger partial charge in [-0.05, 0) is 56.7 Å². The number of nitrogens with zero attached hydrogens (tertiary/aromatic N) is 4. The Labute approximate surface area is 192 Å². The number of aromatic nitrogens is 3. The van der Waals surface area contributed by atoms with Crippen LogP contribution < -0.4 is 4.74 Å². The van der Waals surface area contributed by atoms with Crippen molar-refractivity contribution in [2.75, 3.05) is 20.2 Å². The highest BCUT2D eigenvalue weighted by Gasteiger charge is 2.21. The van der Waals surface area contributed by atoms with Crippen LogP contribution in [-0.4, -0.2) is 45.8 Å². The maximum absolute atomic E-state index is 13.4. The van der Waals surface area contributed by atoms with E-state index in [0.29, 0.717) is 23.5 Å². The van der Waals surface area contributed by atoms with Crippen molar-refractivity contribution < 1.29 is 13.9 Å². The van der Waals surface area contributed by atoms with E-state index in [-0.39, 0.29) is 24.4 Å². The molecule has 2 aromatic carbocycles. The van der Waals surface area contributed by atoms with E-state index in [4.69, 9.17) is 9.72 Å². The third-order valence-corrected chi connectivity index (χ3v) is 5.56. The minimum absolute atomic E-state index is 0.104. The number of amides is 1. The molecule has 0 saturated carbocycles. The molecule has 2 aromatic heterocycles. The van der Waals surface area contributed by atoms with Crippen molar-refractivity contribution in [1.29, 1.82) is 0 Å². The SMILES string of the molecule is Cc1ccccc1-c1cc(C(=O)N(C)CCOc2ccc(F)cc2)c2cnn(C(C)C)c2n1. The zero-order chi connectivity index (χ0) is 23.5. The number of hydrogen-bond acceptors (Lipinski definition) is 4. The summed E-state index contributed by atoms with van der Waals surface area (Å²) < 4.78 is 20.6. The summed E-state index contributed by atoms with van der Waals surface area (Å²) in [4.78, 5) is 19.9. The van der Waals surface area contributed by atoms with Crippen molar-refractivity contribution in [2.45, 2.75) is 26.8 Å². The molecule has 0 radical (unpaired) electrons. The number of pyridine rings is 1. The van der Waals surface area contributed by atoms with E-state index < -0.39 is 0 Å². The van der Waals surface area contributed by atoms with Gasteiger partial charge in [0.25, 0.3) is 5.91 Å². The van der Waals surface area contributed by atoms with Crippen molar-refractivity contribution in [3.05, 3.63) is 77.7 Å².